The third kappa shape index (κ3) is 2.45. The van der Waals surface area contributed by atoms with Crippen molar-refractivity contribution in [2.75, 3.05) is 0 Å². The molecule has 0 saturated heterocycles. The van der Waals surface area contributed by atoms with E-state index >= 15 is 0 Å². The molecule has 0 heterocycles. The number of hydrogen-bond acceptors (Lipinski definition) is 2. The van der Waals surface area contributed by atoms with Gasteiger partial charge in [0.1, 0.15) is 5.83 Å². The van der Waals surface area contributed by atoms with Crippen molar-refractivity contribution < 1.29 is 23.5 Å². The maximum atomic E-state index is 14.4. The number of Topliss-reactive ketones (excluding diaryl/α,β-unsaturated/α-hetero) is 1. The van der Waals surface area contributed by atoms with Crippen LogP contribution in [-0.2, 0) is 0 Å². The predicted octanol–water partition coefficient (Wildman–Crippen LogP) is 3.09. The molecule has 1 unspecified atom stereocenters. The summed E-state index contributed by atoms with van der Waals surface area (Å²) in [6.07, 6.45) is 2.40. The molecule has 1 N–H and O–H groups in total. The van der Waals surface area contributed by atoms with E-state index in [1.54, 1.807) is 0 Å². The number of carboxylic acids is 1. The van der Waals surface area contributed by atoms with Gasteiger partial charge in [-0.05, 0) is 18.2 Å². The van der Waals surface area contributed by atoms with Crippen LogP contribution in [-0.4, -0.2) is 22.5 Å². The normalized spacial score (nSPS) is 21.9. The largest absolute Gasteiger partial charge is 0.478 e. The molecular formula is C14H10F2O3. The number of carbonyl (C=O) groups is 2. The third-order valence-electron chi connectivity index (χ3n) is 2.84. The van der Waals surface area contributed by atoms with Gasteiger partial charge in [0.15, 0.2) is 5.67 Å². The van der Waals surface area contributed by atoms with Gasteiger partial charge in [-0.3, -0.25) is 4.79 Å². The van der Waals surface area contributed by atoms with Gasteiger partial charge in [0.25, 0.3) is 0 Å². The van der Waals surface area contributed by atoms with E-state index < -0.39 is 29.7 Å². The van der Waals surface area contributed by atoms with E-state index in [2.05, 4.69) is 0 Å². The average Bonchev–Trinajstić information content (AvgIpc) is 2.37. The van der Waals surface area contributed by atoms with Gasteiger partial charge in [0.2, 0.25) is 5.78 Å². The van der Waals surface area contributed by atoms with E-state index in [1.807, 2.05) is 0 Å². The van der Waals surface area contributed by atoms with Crippen LogP contribution in [0.1, 0.15) is 27.1 Å². The van der Waals surface area contributed by atoms with Gasteiger partial charge in [0.05, 0.1) is 5.56 Å². The van der Waals surface area contributed by atoms with Gasteiger partial charge in [-0.1, -0.05) is 24.3 Å². The van der Waals surface area contributed by atoms with Crippen LogP contribution in [0.15, 0.2) is 48.3 Å². The van der Waals surface area contributed by atoms with Crippen LogP contribution in [0.5, 0.6) is 0 Å². The monoisotopic (exact) mass is 264 g/mol. The topological polar surface area (TPSA) is 54.4 Å². The molecule has 1 atom stereocenters. The highest BCUT2D eigenvalue weighted by molar-refractivity contribution is 6.10. The van der Waals surface area contributed by atoms with Gasteiger partial charge in [-0.2, -0.15) is 0 Å². The molecule has 1 aliphatic rings. The number of benzene rings is 1. The van der Waals surface area contributed by atoms with Crippen LogP contribution in [0, 0.1) is 0 Å². The summed E-state index contributed by atoms with van der Waals surface area (Å²) in [7, 11) is 0. The lowest BCUT2D eigenvalue weighted by Crippen LogP contribution is -2.34. The number of allylic oxidation sites excluding steroid dienone is 4. The molecule has 19 heavy (non-hydrogen) atoms. The minimum absolute atomic E-state index is 0.267. The molecule has 0 bridgehead atoms. The lowest BCUT2D eigenvalue weighted by molar-refractivity contribution is 0.0679. The molecule has 1 aromatic rings. The molecule has 98 valence electrons. The lowest BCUT2D eigenvalue weighted by atomic mass is 9.86. The highest BCUT2D eigenvalue weighted by Gasteiger charge is 2.40. The van der Waals surface area contributed by atoms with E-state index in [4.69, 9.17) is 5.11 Å². The average molecular weight is 264 g/mol. The Morgan fingerprint density at radius 2 is 1.84 bits per heavy atom. The first-order valence-electron chi connectivity index (χ1n) is 5.54. The molecule has 0 radical (unpaired) electrons. The summed E-state index contributed by atoms with van der Waals surface area (Å²) in [4.78, 5) is 23.1. The summed E-state index contributed by atoms with van der Waals surface area (Å²) < 4.78 is 27.6. The van der Waals surface area contributed by atoms with E-state index in [9.17, 15) is 18.4 Å². The molecule has 0 spiro atoms. The first-order chi connectivity index (χ1) is 8.94. The maximum Gasteiger partial charge on any atom is 0.336 e. The number of alkyl halides is 1. The van der Waals surface area contributed by atoms with Gasteiger partial charge < -0.3 is 5.11 Å². The molecule has 0 amide bonds. The molecule has 3 nitrogen and oxygen atoms in total. The van der Waals surface area contributed by atoms with Crippen molar-refractivity contribution in [3.63, 3.8) is 0 Å². The minimum Gasteiger partial charge on any atom is -0.478 e. The number of hydrogen-bond donors (Lipinski definition) is 1. The summed E-state index contributed by atoms with van der Waals surface area (Å²) >= 11 is 0. The van der Waals surface area contributed by atoms with E-state index in [-0.39, 0.29) is 11.1 Å². The van der Waals surface area contributed by atoms with Crippen molar-refractivity contribution in [2.24, 2.45) is 0 Å². The molecule has 5 heteroatoms. The summed E-state index contributed by atoms with van der Waals surface area (Å²) in [5.41, 5.74) is -3.10. The fourth-order valence-corrected chi connectivity index (χ4v) is 1.92. The van der Waals surface area contributed by atoms with E-state index in [1.165, 1.54) is 24.3 Å². The highest BCUT2D eigenvalue weighted by atomic mass is 19.1. The van der Waals surface area contributed by atoms with Crippen LogP contribution < -0.4 is 0 Å². The number of rotatable bonds is 3. The maximum absolute atomic E-state index is 14.4. The zero-order chi connectivity index (χ0) is 14.0. The standard InChI is InChI=1S/C14H10F2O3/c15-9-4-3-7-14(16,8-9)12(17)10-5-1-2-6-11(10)13(18)19/h1-7H,8H2,(H,18,19). The van der Waals surface area contributed by atoms with E-state index in [0.717, 1.165) is 18.2 Å². The molecular weight excluding hydrogens is 254 g/mol. The Hall–Kier alpha value is -2.30. The number of carboxylic acid groups (broad SMARTS) is 1. The zero-order valence-electron chi connectivity index (χ0n) is 9.77. The van der Waals surface area contributed by atoms with Crippen molar-refractivity contribution >= 4 is 11.8 Å². The second-order valence-electron chi connectivity index (χ2n) is 4.19. The van der Waals surface area contributed by atoms with Crippen LogP contribution in [0.4, 0.5) is 8.78 Å². The fourth-order valence-electron chi connectivity index (χ4n) is 1.92. The number of halogens is 2. The van der Waals surface area contributed by atoms with Crippen LogP contribution >= 0.6 is 0 Å². The fraction of sp³-hybridized carbons (Fsp3) is 0.143. The van der Waals surface area contributed by atoms with Crippen molar-refractivity contribution in [1.29, 1.82) is 0 Å². The molecule has 0 fully saturated rings. The third-order valence-corrected chi connectivity index (χ3v) is 2.84. The van der Waals surface area contributed by atoms with Crippen LogP contribution in [0.3, 0.4) is 0 Å². The smallest absolute Gasteiger partial charge is 0.336 e. The SMILES string of the molecule is O=C(O)c1ccccc1C(=O)C1(F)C=CC=C(F)C1. The Morgan fingerprint density at radius 1 is 1.21 bits per heavy atom. The second-order valence-corrected chi connectivity index (χ2v) is 4.19. The second kappa shape index (κ2) is 4.76. The Labute approximate surface area is 107 Å². The Kier molecular flexibility index (Phi) is 3.29. The number of ketones is 1. The van der Waals surface area contributed by atoms with Gasteiger partial charge in [-0.25, -0.2) is 13.6 Å². The van der Waals surface area contributed by atoms with Gasteiger partial charge in [-0.15, -0.1) is 0 Å². The molecule has 1 aromatic carbocycles. The molecule has 0 aliphatic heterocycles. The van der Waals surface area contributed by atoms with Crippen molar-refractivity contribution in [1.82, 2.24) is 0 Å². The summed E-state index contributed by atoms with van der Waals surface area (Å²) in [6.45, 7) is 0. The van der Waals surface area contributed by atoms with Crippen LogP contribution in [0.25, 0.3) is 0 Å². The minimum atomic E-state index is -2.54. The van der Waals surface area contributed by atoms with Gasteiger partial charge in [0, 0.05) is 12.0 Å². The van der Waals surface area contributed by atoms with E-state index in [0.29, 0.717) is 0 Å². The van der Waals surface area contributed by atoms with Gasteiger partial charge >= 0.3 is 5.97 Å². The molecule has 0 aromatic heterocycles. The lowest BCUT2D eigenvalue weighted by Gasteiger charge is -2.22. The Bertz CT molecular complexity index is 604. The highest BCUT2D eigenvalue weighted by Crippen LogP contribution is 2.32. The van der Waals surface area contributed by atoms with Crippen molar-refractivity contribution in [2.45, 2.75) is 12.1 Å². The summed E-state index contributed by atoms with van der Waals surface area (Å²) in [5, 5.41) is 8.97. The summed E-state index contributed by atoms with van der Waals surface area (Å²) in [6, 6.07) is 5.29. The van der Waals surface area contributed by atoms with Crippen LogP contribution in [0.2, 0.25) is 0 Å². The van der Waals surface area contributed by atoms with Crippen molar-refractivity contribution in [3.05, 3.63) is 59.4 Å². The quantitative estimate of drug-likeness (QED) is 0.853. The molecule has 1 aliphatic carbocycles. The predicted molar refractivity (Wildman–Crippen MR) is 64.5 cm³/mol. The van der Waals surface area contributed by atoms with Crippen molar-refractivity contribution in [3.8, 4) is 0 Å². The zero-order valence-corrected chi connectivity index (χ0v) is 9.77. The number of aromatic carboxylic acids is 1. The molecule has 0 saturated carbocycles. The number of carbonyl (C=O) groups excluding carboxylic acids is 1. The Balaban J connectivity index is 2.43. The molecule has 2 rings (SSSR count). The first-order valence-corrected chi connectivity index (χ1v) is 5.54. The Morgan fingerprint density at radius 3 is 2.42 bits per heavy atom. The summed E-state index contributed by atoms with van der Waals surface area (Å²) in [5.74, 6) is -3.14. The first kappa shape index (κ1) is 13.1.